The Morgan fingerprint density at radius 3 is 2.78 bits per heavy atom. The highest BCUT2D eigenvalue weighted by atomic mass is 32.2. The van der Waals surface area contributed by atoms with Crippen LogP contribution in [0.25, 0.3) is 0 Å². The molecule has 0 radical (unpaired) electrons. The predicted molar refractivity (Wildman–Crippen MR) is 73.8 cm³/mol. The second-order valence-corrected chi connectivity index (χ2v) is 5.75. The van der Waals surface area contributed by atoms with Gasteiger partial charge < -0.3 is 10.0 Å². The van der Waals surface area contributed by atoms with Crippen molar-refractivity contribution in [3.8, 4) is 0 Å². The topological polar surface area (TPSA) is 57.6 Å². The number of likely N-dealkylation sites (tertiary alicyclic amines) is 1. The highest BCUT2D eigenvalue weighted by Crippen LogP contribution is 2.22. The maximum Gasteiger partial charge on any atom is 0.303 e. The molecule has 0 saturated carbocycles. The van der Waals surface area contributed by atoms with E-state index >= 15 is 0 Å². The van der Waals surface area contributed by atoms with E-state index in [-0.39, 0.29) is 18.4 Å². The van der Waals surface area contributed by atoms with Gasteiger partial charge in [-0.2, -0.15) is 11.8 Å². The Labute approximate surface area is 113 Å². The number of rotatable bonds is 7. The molecule has 1 atom stereocenters. The number of carboxylic acids is 1. The van der Waals surface area contributed by atoms with E-state index in [0.29, 0.717) is 12.8 Å². The number of carbonyl (C=O) groups excluding carboxylic acids is 1. The lowest BCUT2D eigenvalue weighted by Gasteiger charge is -2.35. The summed E-state index contributed by atoms with van der Waals surface area (Å²) in [6.07, 6.45) is 7.45. The van der Waals surface area contributed by atoms with Gasteiger partial charge in [-0.1, -0.05) is 0 Å². The Bertz CT molecular complexity index is 283. The van der Waals surface area contributed by atoms with Crippen molar-refractivity contribution in [2.45, 2.75) is 51.0 Å². The van der Waals surface area contributed by atoms with E-state index in [1.807, 2.05) is 11.2 Å². The summed E-state index contributed by atoms with van der Waals surface area (Å²) in [6, 6.07) is 0.150. The van der Waals surface area contributed by atoms with Crippen molar-refractivity contribution in [2.75, 3.05) is 18.6 Å². The number of carboxylic acid groups (broad SMARTS) is 1. The second-order valence-electron chi connectivity index (χ2n) is 4.77. The van der Waals surface area contributed by atoms with Gasteiger partial charge in [0.1, 0.15) is 0 Å². The molecular weight excluding hydrogens is 250 g/mol. The molecule has 18 heavy (non-hydrogen) atoms. The van der Waals surface area contributed by atoms with Gasteiger partial charge in [0.25, 0.3) is 0 Å². The Morgan fingerprint density at radius 1 is 1.33 bits per heavy atom. The lowest BCUT2D eigenvalue weighted by atomic mass is 9.97. The first kappa shape index (κ1) is 15.3. The van der Waals surface area contributed by atoms with Crippen LogP contribution in [0.4, 0.5) is 0 Å². The summed E-state index contributed by atoms with van der Waals surface area (Å²) in [5.74, 6) is 0.453. The smallest absolute Gasteiger partial charge is 0.303 e. The zero-order chi connectivity index (χ0) is 13.4. The minimum absolute atomic E-state index is 0.150. The van der Waals surface area contributed by atoms with Gasteiger partial charge in [-0.15, -0.1) is 0 Å². The van der Waals surface area contributed by atoms with E-state index in [2.05, 4.69) is 0 Å². The molecule has 0 spiro atoms. The Hall–Kier alpha value is -0.710. The fourth-order valence-electron chi connectivity index (χ4n) is 2.43. The highest BCUT2D eigenvalue weighted by molar-refractivity contribution is 7.98. The predicted octanol–water partition coefficient (Wildman–Crippen LogP) is 2.38. The number of aliphatic carboxylic acids is 1. The Morgan fingerprint density at radius 2 is 2.11 bits per heavy atom. The minimum atomic E-state index is -0.768. The molecule has 1 aliphatic heterocycles. The van der Waals surface area contributed by atoms with E-state index in [1.165, 1.54) is 0 Å². The third-order valence-corrected chi connectivity index (χ3v) is 4.07. The maximum atomic E-state index is 12.1. The molecule has 1 amide bonds. The summed E-state index contributed by atoms with van der Waals surface area (Å²) in [5.41, 5.74) is 0. The zero-order valence-electron chi connectivity index (χ0n) is 11.1. The van der Waals surface area contributed by atoms with Gasteiger partial charge in [0.15, 0.2) is 0 Å². The third-order valence-electron chi connectivity index (χ3n) is 3.38. The van der Waals surface area contributed by atoms with Crippen LogP contribution in [0.3, 0.4) is 0 Å². The molecule has 1 rings (SSSR count). The number of hydrogen-bond acceptors (Lipinski definition) is 3. The van der Waals surface area contributed by atoms with E-state index < -0.39 is 5.97 Å². The SMILES string of the molecule is CSCCCC(=O)N1CCCCC1CCC(=O)O. The fourth-order valence-corrected chi connectivity index (χ4v) is 2.86. The van der Waals surface area contributed by atoms with Gasteiger partial charge in [0.05, 0.1) is 0 Å². The summed E-state index contributed by atoms with van der Waals surface area (Å²) in [6.45, 7) is 0.808. The molecule has 1 N–H and O–H groups in total. The van der Waals surface area contributed by atoms with E-state index in [4.69, 9.17) is 5.11 Å². The molecule has 1 aliphatic rings. The van der Waals surface area contributed by atoms with Gasteiger partial charge in [0, 0.05) is 25.4 Å². The molecule has 0 bridgehead atoms. The van der Waals surface area contributed by atoms with E-state index in [0.717, 1.165) is 38.0 Å². The van der Waals surface area contributed by atoms with Crippen molar-refractivity contribution in [1.29, 1.82) is 0 Å². The van der Waals surface area contributed by atoms with Gasteiger partial charge in [0.2, 0.25) is 5.91 Å². The zero-order valence-corrected chi connectivity index (χ0v) is 11.9. The molecule has 5 heteroatoms. The normalized spacial score (nSPS) is 19.8. The molecule has 104 valence electrons. The summed E-state index contributed by atoms with van der Waals surface area (Å²) < 4.78 is 0. The van der Waals surface area contributed by atoms with Crippen LogP contribution in [-0.2, 0) is 9.59 Å². The Balaban J connectivity index is 2.42. The summed E-state index contributed by atoms with van der Waals surface area (Å²) >= 11 is 1.76. The van der Waals surface area contributed by atoms with Crippen molar-refractivity contribution < 1.29 is 14.7 Å². The van der Waals surface area contributed by atoms with E-state index in [1.54, 1.807) is 11.8 Å². The first-order valence-corrected chi connectivity index (χ1v) is 8.04. The number of carbonyl (C=O) groups is 2. The van der Waals surface area contributed by atoms with Crippen LogP contribution in [-0.4, -0.2) is 46.5 Å². The first-order valence-electron chi connectivity index (χ1n) is 6.65. The lowest BCUT2D eigenvalue weighted by Crippen LogP contribution is -2.43. The van der Waals surface area contributed by atoms with Crippen LogP contribution in [0, 0.1) is 0 Å². The van der Waals surface area contributed by atoms with Crippen molar-refractivity contribution in [3.05, 3.63) is 0 Å². The third kappa shape index (κ3) is 5.29. The summed E-state index contributed by atoms with van der Waals surface area (Å²) in [7, 11) is 0. The monoisotopic (exact) mass is 273 g/mol. The number of nitrogens with zero attached hydrogens (tertiary/aromatic N) is 1. The Kier molecular flexibility index (Phi) is 7.16. The van der Waals surface area contributed by atoms with Crippen molar-refractivity contribution in [3.63, 3.8) is 0 Å². The molecule has 1 heterocycles. The van der Waals surface area contributed by atoms with E-state index in [9.17, 15) is 9.59 Å². The molecule has 0 aromatic carbocycles. The standard InChI is InChI=1S/C13H23NO3S/c1-18-10-4-6-12(15)14-9-3-2-5-11(14)7-8-13(16)17/h11H,2-10H2,1H3,(H,16,17). The van der Waals surface area contributed by atoms with Crippen LogP contribution in [0.15, 0.2) is 0 Å². The van der Waals surface area contributed by atoms with Gasteiger partial charge >= 0.3 is 5.97 Å². The summed E-state index contributed by atoms with van der Waals surface area (Å²) in [4.78, 5) is 24.6. The molecule has 1 unspecified atom stereocenters. The number of amides is 1. The second kappa shape index (κ2) is 8.40. The van der Waals surface area contributed by atoms with Gasteiger partial charge in [-0.3, -0.25) is 9.59 Å². The number of hydrogen-bond donors (Lipinski definition) is 1. The fraction of sp³-hybridized carbons (Fsp3) is 0.846. The van der Waals surface area contributed by atoms with Crippen molar-refractivity contribution in [2.24, 2.45) is 0 Å². The van der Waals surface area contributed by atoms with Crippen LogP contribution < -0.4 is 0 Å². The molecule has 0 aromatic rings. The average Bonchev–Trinajstić information content (AvgIpc) is 2.37. The summed E-state index contributed by atoms with van der Waals surface area (Å²) in [5, 5.41) is 8.74. The largest absolute Gasteiger partial charge is 0.481 e. The molecule has 0 aromatic heterocycles. The first-order chi connectivity index (χ1) is 8.65. The van der Waals surface area contributed by atoms with Crippen molar-refractivity contribution in [1.82, 2.24) is 4.90 Å². The number of thioether (sulfide) groups is 1. The molecule has 4 nitrogen and oxygen atoms in total. The average molecular weight is 273 g/mol. The molecule has 1 saturated heterocycles. The van der Waals surface area contributed by atoms with Crippen LogP contribution in [0.2, 0.25) is 0 Å². The van der Waals surface area contributed by atoms with Crippen LogP contribution in [0.1, 0.15) is 44.9 Å². The minimum Gasteiger partial charge on any atom is -0.481 e. The van der Waals surface area contributed by atoms with Gasteiger partial charge in [-0.05, 0) is 44.1 Å². The number of piperidine rings is 1. The maximum absolute atomic E-state index is 12.1. The molecule has 1 fully saturated rings. The van der Waals surface area contributed by atoms with Crippen LogP contribution in [0.5, 0.6) is 0 Å². The van der Waals surface area contributed by atoms with Crippen LogP contribution >= 0.6 is 11.8 Å². The molecule has 0 aliphatic carbocycles. The highest BCUT2D eigenvalue weighted by Gasteiger charge is 2.26. The quantitative estimate of drug-likeness (QED) is 0.724. The molecular formula is C13H23NO3S. The lowest BCUT2D eigenvalue weighted by molar-refractivity contribution is -0.140. The van der Waals surface area contributed by atoms with Crippen molar-refractivity contribution >= 4 is 23.6 Å². The van der Waals surface area contributed by atoms with Gasteiger partial charge in [-0.25, -0.2) is 0 Å².